The van der Waals surface area contributed by atoms with Gasteiger partial charge in [-0.15, -0.1) is 11.3 Å². The number of fused-ring (bicyclic) bond motifs is 1. The van der Waals surface area contributed by atoms with E-state index in [9.17, 15) is 18.1 Å². The van der Waals surface area contributed by atoms with Gasteiger partial charge in [-0.05, 0) is 46.5 Å². The molecule has 0 saturated heterocycles. The van der Waals surface area contributed by atoms with Crippen LogP contribution in [0.1, 0.15) is 53.8 Å². The molecule has 5 nitrogen and oxygen atoms in total. The number of alkyl halides is 2. The van der Waals surface area contributed by atoms with E-state index in [2.05, 4.69) is 21.2 Å². The van der Waals surface area contributed by atoms with Crippen LogP contribution >= 0.6 is 34.9 Å². The summed E-state index contributed by atoms with van der Waals surface area (Å²) in [6.45, 7) is 0.563. The molecular formula is C18H21BrF2NO4PS. The van der Waals surface area contributed by atoms with Crippen LogP contribution < -0.4 is 5.32 Å². The van der Waals surface area contributed by atoms with Crippen molar-refractivity contribution < 1.29 is 27.9 Å². The van der Waals surface area contributed by atoms with Crippen LogP contribution in [0.4, 0.5) is 8.78 Å². The molecule has 1 saturated carbocycles. The van der Waals surface area contributed by atoms with Crippen LogP contribution in [0.2, 0.25) is 0 Å². The lowest BCUT2D eigenvalue weighted by atomic mass is 9.87. The molecular weight excluding hydrogens is 475 g/mol. The summed E-state index contributed by atoms with van der Waals surface area (Å²) in [5.74, 6) is 0.346. The van der Waals surface area contributed by atoms with E-state index in [1.165, 1.54) is 50.3 Å². The molecule has 1 aliphatic rings. The molecule has 1 amide bonds. The van der Waals surface area contributed by atoms with Gasteiger partial charge in [-0.2, -0.15) is 8.78 Å². The van der Waals surface area contributed by atoms with Crippen LogP contribution in [0.15, 0.2) is 22.7 Å². The first-order valence-corrected chi connectivity index (χ1v) is 12.3. The number of nitrogens with one attached hydrogen (secondary N) is 1. The SMILES string of the molecule is O=C(NCCC1CCCCC1)c1ccc2sc(C(F)(F)P(=O)(O)O)c(Br)c2c1. The summed E-state index contributed by atoms with van der Waals surface area (Å²) < 4.78 is 39.7. The van der Waals surface area contributed by atoms with Crippen molar-refractivity contribution in [2.75, 3.05) is 6.54 Å². The number of hydrogen-bond acceptors (Lipinski definition) is 3. The Hall–Kier alpha value is -0.860. The van der Waals surface area contributed by atoms with Crippen molar-refractivity contribution in [1.82, 2.24) is 5.32 Å². The molecule has 0 aliphatic heterocycles. The van der Waals surface area contributed by atoms with Gasteiger partial charge in [0.25, 0.3) is 5.91 Å². The molecule has 3 N–H and O–H groups in total. The van der Waals surface area contributed by atoms with E-state index in [1.807, 2.05) is 0 Å². The molecule has 3 rings (SSSR count). The molecule has 0 unspecified atom stereocenters. The largest absolute Gasteiger partial charge is 0.400 e. The molecule has 0 radical (unpaired) electrons. The maximum atomic E-state index is 14.1. The highest BCUT2D eigenvalue weighted by molar-refractivity contribution is 9.10. The van der Waals surface area contributed by atoms with Gasteiger partial charge in [0, 0.05) is 26.7 Å². The molecule has 1 aromatic heterocycles. The van der Waals surface area contributed by atoms with E-state index in [1.54, 1.807) is 0 Å². The van der Waals surface area contributed by atoms with Gasteiger partial charge in [0.15, 0.2) is 0 Å². The molecule has 1 heterocycles. The smallest absolute Gasteiger partial charge is 0.352 e. The van der Waals surface area contributed by atoms with Gasteiger partial charge in [0.2, 0.25) is 0 Å². The molecule has 1 fully saturated rings. The van der Waals surface area contributed by atoms with Gasteiger partial charge < -0.3 is 15.1 Å². The fourth-order valence-electron chi connectivity index (χ4n) is 3.50. The number of hydrogen-bond donors (Lipinski definition) is 3. The quantitative estimate of drug-likeness (QED) is 0.455. The predicted molar refractivity (Wildman–Crippen MR) is 109 cm³/mol. The molecule has 1 aliphatic carbocycles. The second kappa shape index (κ2) is 8.48. The Bertz CT molecular complexity index is 924. The molecule has 0 atom stereocenters. The van der Waals surface area contributed by atoms with Gasteiger partial charge in [-0.3, -0.25) is 9.36 Å². The Balaban J connectivity index is 1.75. The number of carbonyl (C=O) groups excluding carboxylic acids is 1. The van der Waals surface area contributed by atoms with E-state index < -0.39 is 18.1 Å². The van der Waals surface area contributed by atoms with Gasteiger partial charge in [0.1, 0.15) is 4.88 Å². The maximum Gasteiger partial charge on any atom is 0.400 e. The van der Waals surface area contributed by atoms with Gasteiger partial charge in [-0.1, -0.05) is 32.1 Å². The molecule has 1 aromatic carbocycles. The Kier molecular flexibility index (Phi) is 6.61. The average molecular weight is 496 g/mol. The number of benzene rings is 1. The monoisotopic (exact) mass is 495 g/mol. The normalized spacial score (nSPS) is 16.5. The molecule has 154 valence electrons. The van der Waals surface area contributed by atoms with Gasteiger partial charge in [-0.25, -0.2) is 0 Å². The minimum absolute atomic E-state index is 0.0994. The predicted octanol–water partition coefficient (Wildman–Crippen LogP) is 5.59. The fourth-order valence-corrected chi connectivity index (χ4v) is 6.43. The van der Waals surface area contributed by atoms with E-state index in [0.29, 0.717) is 39.4 Å². The Morgan fingerprint density at radius 3 is 2.61 bits per heavy atom. The van der Waals surface area contributed by atoms with Crippen LogP contribution in [0, 0.1) is 5.92 Å². The second-order valence-electron chi connectivity index (χ2n) is 7.09. The van der Waals surface area contributed by atoms with Crippen molar-refractivity contribution in [2.45, 2.75) is 44.2 Å². The van der Waals surface area contributed by atoms with Crippen LogP contribution in [-0.4, -0.2) is 22.2 Å². The van der Waals surface area contributed by atoms with Gasteiger partial charge in [0.05, 0.1) is 0 Å². The summed E-state index contributed by atoms with van der Waals surface area (Å²) in [4.78, 5) is 29.6. The zero-order chi connectivity index (χ0) is 20.5. The van der Waals surface area contributed by atoms with Crippen molar-refractivity contribution in [2.24, 2.45) is 5.92 Å². The summed E-state index contributed by atoms with van der Waals surface area (Å²) in [5, 5.41) is 3.20. The molecule has 2 aromatic rings. The molecule has 10 heteroatoms. The lowest BCUT2D eigenvalue weighted by molar-refractivity contribution is 0.0595. The van der Waals surface area contributed by atoms with E-state index >= 15 is 0 Å². The topological polar surface area (TPSA) is 86.6 Å². The minimum Gasteiger partial charge on any atom is -0.352 e. The molecule has 0 spiro atoms. The number of rotatable bonds is 6. The first kappa shape index (κ1) is 21.8. The summed E-state index contributed by atoms with van der Waals surface area (Å²) in [7, 11) is -5.66. The zero-order valence-electron chi connectivity index (χ0n) is 15.0. The standard InChI is InChI=1S/C18H21BrF2NO4PS/c19-15-13-10-12(17(23)22-9-8-11-4-2-1-3-5-11)6-7-14(13)28-16(15)18(20,21)27(24,25)26/h6-7,10-11H,1-5,8-9H2,(H,22,23)(H2,24,25,26). The van der Waals surface area contributed by atoms with Gasteiger partial charge >= 0.3 is 13.3 Å². The number of thiophene rings is 1. The highest BCUT2D eigenvalue weighted by Gasteiger charge is 2.53. The van der Waals surface area contributed by atoms with Crippen molar-refractivity contribution in [3.63, 3.8) is 0 Å². The third-order valence-corrected chi connectivity index (χ3v) is 8.52. The summed E-state index contributed by atoms with van der Waals surface area (Å²) >= 11 is 3.62. The first-order valence-electron chi connectivity index (χ1n) is 9.05. The third kappa shape index (κ3) is 4.49. The van der Waals surface area contributed by atoms with E-state index in [0.717, 1.165) is 6.42 Å². The second-order valence-corrected chi connectivity index (χ2v) is 10.6. The van der Waals surface area contributed by atoms with E-state index in [4.69, 9.17) is 9.79 Å². The lowest BCUT2D eigenvalue weighted by Gasteiger charge is -2.21. The fraction of sp³-hybridized carbons (Fsp3) is 0.500. The highest BCUT2D eigenvalue weighted by atomic mass is 79.9. The van der Waals surface area contributed by atoms with Crippen molar-refractivity contribution in [3.8, 4) is 0 Å². The van der Waals surface area contributed by atoms with Crippen molar-refractivity contribution in [1.29, 1.82) is 0 Å². The number of halogens is 3. The maximum absolute atomic E-state index is 14.1. The summed E-state index contributed by atoms with van der Waals surface area (Å²) in [5.41, 5.74) is -3.97. The zero-order valence-corrected chi connectivity index (χ0v) is 18.3. The van der Waals surface area contributed by atoms with E-state index in [-0.39, 0.29) is 10.4 Å². The average Bonchev–Trinajstić information content (AvgIpc) is 2.98. The summed E-state index contributed by atoms with van der Waals surface area (Å²) in [6.07, 6.45) is 7.07. The van der Waals surface area contributed by atoms with Crippen molar-refractivity contribution >= 4 is 50.9 Å². The minimum atomic E-state index is -5.66. The Morgan fingerprint density at radius 2 is 1.96 bits per heavy atom. The van der Waals surface area contributed by atoms with Crippen LogP contribution in [-0.2, 0) is 10.2 Å². The first-order chi connectivity index (χ1) is 13.1. The van der Waals surface area contributed by atoms with Crippen LogP contribution in [0.5, 0.6) is 0 Å². The summed E-state index contributed by atoms with van der Waals surface area (Å²) in [6, 6.07) is 4.51. The third-order valence-electron chi connectivity index (χ3n) is 5.09. The Labute approximate surface area is 173 Å². The Morgan fingerprint density at radius 1 is 1.29 bits per heavy atom. The highest BCUT2D eigenvalue weighted by Crippen LogP contribution is 2.62. The number of amides is 1. The lowest BCUT2D eigenvalue weighted by Crippen LogP contribution is -2.26. The van der Waals surface area contributed by atoms with Crippen molar-refractivity contribution in [3.05, 3.63) is 33.1 Å². The molecule has 28 heavy (non-hydrogen) atoms. The van der Waals surface area contributed by atoms with Crippen LogP contribution in [0.3, 0.4) is 0 Å². The number of carbonyl (C=O) groups is 1. The van der Waals surface area contributed by atoms with Crippen LogP contribution in [0.25, 0.3) is 10.1 Å². The molecule has 0 bridgehead atoms.